The third kappa shape index (κ3) is 2.66. The van der Waals surface area contributed by atoms with Crippen LogP contribution in [0.5, 0.6) is 0 Å². The first-order chi connectivity index (χ1) is 12.9. The largest absolute Gasteiger partial charge is 0.473 e. The Bertz CT molecular complexity index is 1170. The van der Waals surface area contributed by atoms with Crippen molar-refractivity contribution in [2.45, 2.75) is 39.8 Å². The highest BCUT2D eigenvalue weighted by Crippen LogP contribution is 2.26. The van der Waals surface area contributed by atoms with Crippen LogP contribution in [-0.2, 0) is 9.53 Å². The van der Waals surface area contributed by atoms with Crippen LogP contribution in [0.3, 0.4) is 0 Å². The van der Waals surface area contributed by atoms with Gasteiger partial charge >= 0.3 is 0 Å². The first-order valence-corrected chi connectivity index (χ1v) is 8.81. The SMILES string of the molecule is CC(=O)C1NC(=c2c(C)nc3c(-c4ccccc4)c(C)nn3c2=O)O[C@H]1C. The molecule has 7 heteroatoms. The second kappa shape index (κ2) is 6.19. The van der Waals surface area contributed by atoms with E-state index in [1.807, 2.05) is 37.3 Å². The van der Waals surface area contributed by atoms with E-state index in [2.05, 4.69) is 15.4 Å². The molecule has 1 aromatic carbocycles. The number of ether oxygens (including phenoxy) is 1. The highest BCUT2D eigenvalue weighted by Gasteiger charge is 2.33. The molecule has 1 fully saturated rings. The average molecular weight is 364 g/mol. The Balaban J connectivity index is 1.99. The molecule has 1 aliphatic rings. The van der Waals surface area contributed by atoms with Crippen LogP contribution < -0.4 is 16.1 Å². The molecule has 0 bridgehead atoms. The normalized spacial score (nSPS) is 21.2. The Morgan fingerprint density at radius 2 is 1.89 bits per heavy atom. The number of aryl methyl sites for hydroxylation is 2. The topological polar surface area (TPSA) is 85.6 Å². The Kier molecular flexibility index (Phi) is 3.95. The maximum Gasteiger partial charge on any atom is 0.287 e. The minimum absolute atomic E-state index is 0.0436. The molecule has 1 saturated heterocycles. The van der Waals surface area contributed by atoms with Crippen molar-refractivity contribution >= 4 is 17.3 Å². The first-order valence-electron chi connectivity index (χ1n) is 8.81. The van der Waals surface area contributed by atoms with Crippen molar-refractivity contribution in [3.05, 3.63) is 57.3 Å². The number of rotatable bonds is 2. The number of aromatic nitrogens is 3. The van der Waals surface area contributed by atoms with Crippen LogP contribution in [0, 0.1) is 13.8 Å². The van der Waals surface area contributed by atoms with E-state index in [4.69, 9.17) is 4.74 Å². The van der Waals surface area contributed by atoms with E-state index in [0.717, 1.165) is 16.8 Å². The van der Waals surface area contributed by atoms with Crippen LogP contribution in [0.1, 0.15) is 25.2 Å². The Hall–Kier alpha value is -3.22. The van der Waals surface area contributed by atoms with Gasteiger partial charge in [-0.05, 0) is 33.3 Å². The lowest BCUT2D eigenvalue weighted by Gasteiger charge is -2.07. The summed E-state index contributed by atoms with van der Waals surface area (Å²) in [6.07, 6.45) is -0.355. The highest BCUT2D eigenvalue weighted by molar-refractivity contribution is 5.84. The Morgan fingerprint density at radius 1 is 1.19 bits per heavy atom. The van der Waals surface area contributed by atoms with E-state index >= 15 is 0 Å². The molecule has 0 radical (unpaired) electrons. The number of fused-ring (bicyclic) bond motifs is 1. The van der Waals surface area contributed by atoms with Crippen molar-refractivity contribution in [3.8, 4) is 11.1 Å². The number of hydrogen-bond acceptors (Lipinski definition) is 6. The summed E-state index contributed by atoms with van der Waals surface area (Å²) in [7, 11) is 0. The second-order valence-corrected chi connectivity index (χ2v) is 6.82. The quantitative estimate of drug-likeness (QED) is 0.734. The molecular weight excluding hydrogens is 344 g/mol. The standard InChI is InChI=1S/C20H20N4O3/c1-10-16(19-22-17(12(3)25)13(4)27-19)20(26)24-18(21-10)15(11(2)23-24)14-8-6-5-7-9-14/h5-9,13,17,22H,1-4H3/t13-,17?/m0/s1. The van der Waals surface area contributed by atoms with Gasteiger partial charge in [0.05, 0.1) is 11.4 Å². The fourth-order valence-electron chi connectivity index (χ4n) is 3.55. The smallest absolute Gasteiger partial charge is 0.287 e. The summed E-state index contributed by atoms with van der Waals surface area (Å²) in [6.45, 7) is 6.91. The lowest BCUT2D eigenvalue weighted by atomic mass is 10.1. The molecule has 27 heavy (non-hydrogen) atoms. The van der Waals surface area contributed by atoms with E-state index in [1.165, 1.54) is 11.4 Å². The summed E-state index contributed by atoms with van der Waals surface area (Å²) in [5.41, 5.74) is 3.24. The van der Waals surface area contributed by atoms with Gasteiger partial charge in [0.1, 0.15) is 17.4 Å². The molecule has 4 rings (SSSR count). The zero-order valence-corrected chi connectivity index (χ0v) is 15.6. The molecular formula is C20H20N4O3. The summed E-state index contributed by atoms with van der Waals surface area (Å²) in [5.74, 6) is 0.243. The number of benzene rings is 1. The number of nitrogens with one attached hydrogen (secondary N) is 1. The summed E-state index contributed by atoms with van der Waals surface area (Å²) in [6, 6.07) is 9.27. The maximum absolute atomic E-state index is 13.2. The number of ketones is 1. The van der Waals surface area contributed by atoms with Crippen LogP contribution in [0.25, 0.3) is 22.7 Å². The third-order valence-electron chi connectivity index (χ3n) is 4.86. The molecule has 0 amide bonds. The van der Waals surface area contributed by atoms with Gasteiger partial charge in [-0.25, -0.2) is 4.98 Å². The summed E-state index contributed by atoms with van der Waals surface area (Å²) in [5, 5.41) is 7.74. The molecule has 1 aliphatic heterocycles. The van der Waals surface area contributed by atoms with Gasteiger partial charge in [-0.3, -0.25) is 9.59 Å². The summed E-state index contributed by atoms with van der Waals surface area (Å²) < 4.78 is 7.07. The molecule has 1 unspecified atom stereocenters. The molecule has 2 aromatic heterocycles. The predicted molar refractivity (Wildman–Crippen MR) is 101 cm³/mol. The molecule has 0 aliphatic carbocycles. The van der Waals surface area contributed by atoms with Crippen molar-refractivity contribution in [2.75, 3.05) is 0 Å². The maximum atomic E-state index is 13.2. The molecule has 138 valence electrons. The zero-order valence-electron chi connectivity index (χ0n) is 15.6. The van der Waals surface area contributed by atoms with E-state index in [0.29, 0.717) is 16.6 Å². The third-order valence-corrected chi connectivity index (χ3v) is 4.86. The van der Waals surface area contributed by atoms with E-state index in [9.17, 15) is 9.59 Å². The van der Waals surface area contributed by atoms with Crippen LogP contribution in [0.4, 0.5) is 0 Å². The first kappa shape index (κ1) is 17.2. The molecule has 3 heterocycles. The predicted octanol–water partition coefficient (Wildman–Crippen LogP) is 1.12. The molecule has 0 saturated carbocycles. The second-order valence-electron chi connectivity index (χ2n) is 6.82. The van der Waals surface area contributed by atoms with Gasteiger partial charge in [-0.2, -0.15) is 9.61 Å². The Labute approximate surface area is 155 Å². The summed E-state index contributed by atoms with van der Waals surface area (Å²) >= 11 is 0. The minimum Gasteiger partial charge on any atom is -0.473 e. The lowest BCUT2D eigenvalue weighted by Crippen LogP contribution is -2.40. The highest BCUT2D eigenvalue weighted by atomic mass is 16.5. The van der Waals surface area contributed by atoms with Crippen molar-refractivity contribution in [2.24, 2.45) is 0 Å². The van der Waals surface area contributed by atoms with Crippen molar-refractivity contribution in [3.63, 3.8) is 0 Å². The van der Waals surface area contributed by atoms with Gasteiger partial charge in [-0.1, -0.05) is 30.3 Å². The van der Waals surface area contributed by atoms with Crippen molar-refractivity contribution in [1.82, 2.24) is 19.9 Å². The molecule has 0 spiro atoms. The van der Waals surface area contributed by atoms with Gasteiger partial charge in [-0.15, -0.1) is 0 Å². The number of nitrogens with zero attached hydrogens (tertiary/aromatic N) is 3. The van der Waals surface area contributed by atoms with Crippen LogP contribution >= 0.6 is 0 Å². The number of Topliss-reactive ketones (excluding diaryl/α,β-unsaturated/α-hetero) is 1. The number of hydrogen-bond donors (Lipinski definition) is 1. The van der Waals surface area contributed by atoms with Gasteiger partial charge < -0.3 is 10.1 Å². The van der Waals surface area contributed by atoms with Gasteiger partial charge in [0, 0.05) is 5.56 Å². The van der Waals surface area contributed by atoms with E-state index in [-0.39, 0.29) is 23.3 Å². The van der Waals surface area contributed by atoms with E-state index < -0.39 is 6.04 Å². The molecule has 1 N–H and O–H groups in total. The fraction of sp³-hybridized carbons (Fsp3) is 0.300. The van der Waals surface area contributed by atoms with E-state index in [1.54, 1.807) is 13.8 Å². The molecule has 3 aromatic rings. The number of carbonyl (C=O) groups excluding carboxylic acids is 1. The zero-order chi connectivity index (χ0) is 19.3. The lowest BCUT2D eigenvalue weighted by molar-refractivity contribution is -0.119. The van der Waals surface area contributed by atoms with Crippen LogP contribution in [-0.4, -0.2) is 32.5 Å². The summed E-state index contributed by atoms with van der Waals surface area (Å²) in [4.78, 5) is 29.6. The van der Waals surface area contributed by atoms with Crippen LogP contribution in [0.2, 0.25) is 0 Å². The van der Waals surface area contributed by atoms with Crippen molar-refractivity contribution < 1.29 is 9.53 Å². The molecule has 7 nitrogen and oxygen atoms in total. The Morgan fingerprint density at radius 3 is 2.52 bits per heavy atom. The van der Waals surface area contributed by atoms with Gasteiger partial charge in [0.15, 0.2) is 11.4 Å². The van der Waals surface area contributed by atoms with Gasteiger partial charge in [0.2, 0.25) is 5.88 Å². The molecule has 2 atom stereocenters. The minimum atomic E-state index is -0.478. The van der Waals surface area contributed by atoms with Gasteiger partial charge in [0.25, 0.3) is 5.56 Å². The van der Waals surface area contributed by atoms with Crippen LogP contribution in [0.15, 0.2) is 35.1 Å². The van der Waals surface area contributed by atoms with Crippen molar-refractivity contribution in [1.29, 1.82) is 0 Å². The number of carbonyl (C=O) groups is 1. The fourth-order valence-corrected chi connectivity index (χ4v) is 3.55. The average Bonchev–Trinajstić information content (AvgIpc) is 3.16. The monoisotopic (exact) mass is 364 g/mol.